The summed E-state index contributed by atoms with van der Waals surface area (Å²) in [6.07, 6.45) is -0.817. The number of nitrogens with zero attached hydrogens (tertiary/aromatic N) is 6. The number of sulfonamides is 1. The predicted octanol–water partition coefficient (Wildman–Crippen LogP) is -1.40. The number of thioether (sulfide) groups is 2. The Balaban J connectivity index is 1.43. The van der Waals surface area contributed by atoms with Crippen LogP contribution < -0.4 is 10.0 Å². The SMILES string of the molecule is Cn1nnnc1SCC1=C(C(=O)O)N2C(=O)C(NC(=O)C(O)c3csc(NS(C)(=O)=O)n3)[C@H]2SC1. The molecule has 1 fully saturated rings. The zero-order chi connectivity index (χ0) is 25.5. The van der Waals surface area contributed by atoms with Gasteiger partial charge in [-0.2, -0.15) is 0 Å². The highest BCUT2D eigenvalue weighted by atomic mass is 32.2. The molecule has 1 saturated heterocycles. The van der Waals surface area contributed by atoms with Gasteiger partial charge in [0.2, 0.25) is 15.2 Å². The van der Waals surface area contributed by atoms with Crippen LogP contribution in [0.1, 0.15) is 11.8 Å². The zero-order valence-corrected chi connectivity index (χ0v) is 21.2. The molecule has 2 amide bonds. The molecule has 15 nitrogen and oxygen atoms in total. The van der Waals surface area contributed by atoms with Gasteiger partial charge in [-0.3, -0.25) is 19.2 Å². The maximum Gasteiger partial charge on any atom is 0.352 e. The number of thiazole rings is 1. The first-order valence-corrected chi connectivity index (χ1v) is 14.4. The Morgan fingerprint density at radius 3 is 2.77 bits per heavy atom. The molecule has 2 aromatic heterocycles. The van der Waals surface area contributed by atoms with Crippen molar-refractivity contribution in [2.75, 3.05) is 22.5 Å². The van der Waals surface area contributed by atoms with E-state index in [-0.39, 0.29) is 22.3 Å². The first-order chi connectivity index (χ1) is 16.5. The van der Waals surface area contributed by atoms with Gasteiger partial charge in [0.1, 0.15) is 17.1 Å². The number of carbonyl (C=O) groups is 3. The number of carboxylic acids is 1. The second-order valence-electron chi connectivity index (χ2n) is 7.38. The van der Waals surface area contributed by atoms with Crippen molar-refractivity contribution in [3.05, 3.63) is 22.3 Å². The lowest BCUT2D eigenvalue weighted by Gasteiger charge is -2.49. The van der Waals surface area contributed by atoms with Crippen molar-refractivity contribution >= 4 is 67.8 Å². The second kappa shape index (κ2) is 9.72. The molecule has 0 aliphatic carbocycles. The number of aliphatic hydroxyl groups is 1. The van der Waals surface area contributed by atoms with Gasteiger partial charge in [-0.15, -0.1) is 28.2 Å². The molecule has 2 aromatic rings. The topological polar surface area (TPSA) is 210 Å². The summed E-state index contributed by atoms with van der Waals surface area (Å²) in [5.41, 5.74) is 0.268. The third-order valence-electron chi connectivity index (χ3n) is 4.83. The molecule has 35 heavy (non-hydrogen) atoms. The number of aromatic nitrogens is 5. The monoisotopic (exact) mass is 562 g/mol. The fourth-order valence-electron chi connectivity index (χ4n) is 3.27. The Bertz CT molecular complexity index is 1320. The molecule has 4 rings (SSSR count). The number of hydrogen-bond donors (Lipinski definition) is 4. The van der Waals surface area contributed by atoms with Gasteiger partial charge in [0.15, 0.2) is 11.2 Å². The molecule has 4 N–H and O–H groups in total. The molecule has 4 heterocycles. The van der Waals surface area contributed by atoms with E-state index in [0.29, 0.717) is 16.5 Å². The highest BCUT2D eigenvalue weighted by molar-refractivity contribution is 8.01. The largest absolute Gasteiger partial charge is 0.477 e. The zero-order valence-electron chi connectivity index (χ0n) is 18.0. The number of aliphatic hydroxyl groups excluding tert-OH is 1. The van der Waals surface area contributed by atoms with Gasteiger partial charge < -0.3 is 15.5 Å². The van der Waals surface area contributed by atoms with Crippen molar-refractivity contribution < 1.29 is 33.0 Å². The number of aryl methyl sites for hydroxylation is 1. The molecule has 0 spiro atoms. The first kappa shape index (κ1) is 25.4. The number of amides is 2. The minimum atomic E-state index is -3.58. The van der Waals surface area contributed by atoms with E-state index in [9.17, 15) is 33.0 Å². The number of nitrogens with one attached hydrogen (secondary N) is 2. The van der Waals surface area contributed by atoms with E-state index < -0.39 is 45.3 Å². The molecular weight excluding hydrogens is 544 g/mol. The number of hydrogen-bond acceptors (Lipinski definition) is 13. The van der Waals surface area contributed by atoms with Crippen LogP contribution in [0.25, 0.3) is 0 Å². The van der Waals surface area contributed by atoms with Gasteiger partial charge in [-0.1, -0.05) is 11.8 Å². The lowest BCUT2D eigenvalue weighted by molar-refractivity contribution is -0.151. The molecule has 0 radical (unpaired) electrons. The number of carboxylic acid groups (broad SMARTS) is 1. The Kier molecular flexibility index (Phi) is 7.04. The van der Waals surface area contributed by atoms with E-state index in [2.05, 4.69) is 30.5 Å². The predicted molar refractivity (Wildman–Crippen MR) is 125 cm³/mol. The van der Waals surface area contributed by atoms with Crippen LogP contribution in [0.5, 0.6) is 0 Å². The molecule has 0 bridgehead atoms. The second-order valence-corrected chi connectivity index (χ2v) is 12.0. The van der Waals surface area contributed by atoms with Crippen LogP contribution >= 0.6 is 34.9 Å². The number of carbonyl (C=O) groups excluding carboxylic acids is 2. The molecule has 188 valence electrons. The van der Waals surface area contributed by atoms with E-state index in [4.69, 9.17) is 0 Å². The number of tetrazole rings is 1. The quantitative estimate of drug-likeness (QED) is 0.205. The maximum absolute atomic E-state index is 12.8. The van der Waals surface area contributed by atoms with Crippen LogP contribution in [0.2, 0.25) is 0 Å². The summed E-state index contributed by atoms with van der Waals surface area (Å²) in [7, 11) is -1.93. The standard InChI is InChI=1S/C16H18N8O7S4/c1-23-16(19-21-22-23)34-4-6-3-32-13-8(12(27)24(13)9(6)14(28)29)18-11(26)10(25)7-5-33-15(17-7)20-35(2,30)31/h5,8,10,13,25H,3-4H2,1-2H3,(H,17,20)(H,18,26)(H,28,29)/t8?,10?,13-/m1/s1. The Morgan fingerprint density at radius 1 is 1.40 bits per heavy atom. The summed E-state index contributed by atoms with van der Waals surface area (Å²) in [5.74, 6) is -2.26. The minimum Gasteiger partial charge on any atom is -0.477 e. The minimum absolute atomic E-state index is 0.0261. The third kappa shape index (κ3) is 5.27. The van der Waals surface area contributed by atoms with Crippen LogP contribution in [-0.4, -0.2) is 95.7 Å². The van der Waals surface area contributed by atoms with E-state index in [0.717, 1.165) is 22.5 Å². The highest BCUT2D eigenvalue weighted by Gasteiger charge is 2.54. The van der Waals surface area contributed by atoms with Gasteiger partial charge in [0, 0.05) is 23.9 Å². The maximum atomic E-state index is 12.8. The van der Waals surface area contributed by atoms with E-state index in [1.807, 2.05) is 0 Å². The van der Waals surface area contributed by atoms with E-state index >= 15 is 0 Å². The fourth-order valence-corrected chi connectivity index (χ4v) is 7.19. The molecule has 2 aliphatic heterocycles. The van der Waals surface area contributed by atoms with Crippen molar-refractivity contribution in [3.63, 3.8) is 0 Å². The van der Waals surface area contributed by atoms with Crippen LogP contribution in [-0.2, 0) is 31.5 Å². The van der Waals surface area contributed by atoms with Crippen LogP contribution in [0.15, 0.2) is 21.8 Å². The summed E-state index contributed by atoms with van der Waals surface area (Å²) in [4.78, 5) is 42.3. The summed E-state index contributed by atoms with van der Waals surface area (Å²) in [6.45, 7) is 0. The molecular formula is C16H18N8O7S4. The first-order valence-electron chi connectivity index (χ1n) is 9.63. The van der Waals surface area contributed by atoms with Crippen molar-refractivity contribution in [1.29, 1.82) is 0 Å². The van der Waals surface area contributed by atoms with Gasteiger partial charge in [0.05, 0.1) is 11.9 Å². The third-order valence-corrected chi connectivity index (χ3v) is 8.73. The number of rotatable bonds is 9. The van der Waals surface area contributed by atoms with Gasteiger partial charge in [0.25, 0.3) is 11.8 Å². The number of anilines is 1. The Morgan fingerprint density at radius 2 is 2.14 bits per heavy atom. The van der Waals surface area contributed by atoms with Gasteiger partial charge in [-0.05, 0) is 16.0 Å². The summed E-state index contributed by atoms with van der Waals surface area (Å²) in [6, 6.07) is -1.04. The molecule has 0 aromatic carbocycles. The van der Waals surface area contributed by atoms with Crippen molar-refractivity contribution in [3.8, 4) is 0 Å². The van der Waals surface area contributed by atoms with Crippen LogP contribution in [0, 0.1) is 0 Å². The Labute approximate surface area is 210 Å². The van der Waals surface area contributed by atoms with E-state index in [1.54, 1.807) is 7.05 Å². The lowest BCUT2D eigenvalue weighted by Crippen LogP contribution is -2.70. The normalized spacial score (nSPS) is 20.8. The molecule has 2 aliphatic rings. The lowest BCUT2D eigenvalue weighted by atomic mass is 10.0. The van der Waals surface area contributed by atoms with Crippen molar-refractivity contribution in [2.45, 2.75) is 22.7 Å². The van der Waals surface area contributed by atoms with Crippen LogP contribution in [0.4, 0.5) is 5.13 Å². The molecule has 19 heteroatoms. The van der Waals surface area contributed by atoms with Gasteiger partial charge in [-0.25, -0.2) is 22.9 Å². The smallest absolute Gasteiger partial charge is 0.352 e. The molecule has 2 unspecified atom stereocenters. The highest BCUT2D eigenvalue weighted by Crippen LogP contribution is 2.41. The van der Waals surface area contributed by atoms with Crippen molar-refractivity contribution in [1.82, 2.24) is 35.4 Å². The number of aliphatic carboxylic acids is 1. The Hall–Kier alpha value is -2.74. The van der Waals surface area contributed by atoms with Crippen molar-refractivity contribution in [2.24, 2.45) is 7.05 Å². The number of fused-ring (bicyclic) bond motifs is 1. The van der Waals surface area contributed by atoms with Crippen LogP contribution in [0.3, 0.4) is 0 Å². The molecule has 0 saturated carbocycles. The average molecular weight is 563 g/mol. The number of β-lactam (4-membered cyclic amide) rings is 1. The average Bonchev–Trinajstić information content (AvgIpc) is 3.41. The van der Waals surface area contributed by atoms with Gasteiger partial charge >= 0.3 is 5.97 Å². The summed E-state index contributed by atoms with van der Waals surface area (Å²) in [5, 5.41) is 34.7. The molecule has 3 atom stereocenters. The fraction of sp³-hybridized carbons (Fsp3) is 0.438. The summed E-state index contributed by atoms with van der Waals surface area (Å²) < 4.78 is 26.2. The van der Waals surface area contributed by atoms with E-state index in [1.165, 1.54) is 33.6 Å². The summed E-state index contributed by atoms with van der Waals surface area (Å²) >= 11 is 3.39.